The molecule has 0 aliphatic carbocycles. The maximum absolute atomic E-state index is 13.1. The van der Waals surface area contributed by atoms with E-state index in [0.717, 1.165) is 27.8 Å². The van der Waals surface area contributed by atoms with Crippen LogP contribution in [0.4, 0.5) is 0 Å². The maximum atomic E-state index is 13.1. The van der Waals surface area contributed by atoms with Crippen LogP contribution in [0, 0.1) is 6.92 Å². The summed E-state index contributed by atoms with van der Waals surface area (Å²) in [6, 6.07) is 18.6. The first-order chi connectivity index (χ1) is 17.4. The fraction of sp³-hybridized carbons (Fsp3) is 0.172. The molecule has 7 nitrogen and oxygen atoms in total. The van der Waals surface area contributed by atoms with E-state index in [2.05, 4.69) is 0 Å². The molecule has 0 saturated carbocycles. The highest BCUT2D eigenvalue weighted by Crippen LogP contribution is 2.38. The van der Waals surface area contributed by atoms with Crippen LogP contribution in [0.2, 0.25) is 0 Å². The molecule has 1 aliphatic rings. The Morgan fingerprint density at radius 2 is 1.86 bits per heavy atom. The highest BCUT2D eigenvalue weighted by atomic mass is 16.6. The van der Waals surface area contributed by atoms with Crippen molar-refractivity contribution in [2.75, 3.05) is 13.7 Å². The van der Waals surface area contributed by atoms with Gasteiger partial charge in [-0.2, -0.15) is 0 Å². The quantitative estimate of drug-likeness (QED) is 0.265. The fourth-order valence-electron chi connectivity index (χ4n) is 4.27. The molecule has 0 fully saturated rings. The normalized spacial score (nSPS) is 13.5. The number of nitrogens with zero attached hydrogens (tertiary/aromatic N) is 1. The van der Waals surface area contributed by atoms with Crippen molar-refractivity contribution in [3.05, 3.63) is 94.9 Å². The molecule has 7 heteroatoms. The zero-order valence-corrected chi connectivity index (χ0v) is 20.2. The molecule has 0 atom stereocenters. The van der Waals surface area contributed by atoms with Gasteiger partial charge in [-0.1, -0.05) is 30.3 Å². The van der Waals surface area contributed by atoms with E-state index in [1.807, 2.05) is 73.3 Å². The SMILES string of the molecule is COc1ccc2c(c1)c(/C=C1\Oc3cc(OCC(=O)OCc4ccccc4)cc(C)c3C1=O)cn2C. The lowest BCUT2D eigenvalue weighted by atomic mass is 10.0. The van der Waals surface area contributed by atoms with Crippen molar-refractivity contribution in [3.63, 3.8) is 0 Å². The first-order valence-corrected chi connectivity index (χ1v) is 11.5. The molecule has 0 spiro atoms. The van der Waals surface area contributed by atoms with E-state index in [1.54, 1.807) is 25.3 Å². The summed E-state index contributed by atoms with van der Waals surface area (Å²) in [6.45, 7) is 1.74. The van der Waals surface area contributed by atoms with Gasteiger partial charge >= 0.3 is 5.97 Å². The third-order valence-electron chi connectivity index (χ3n) is 6.06. The van der Waals surface area contributed by atoms with Crippen LogP contribution < -0.4 is 14.2 Å². The third-order valence-corrected chi connectivity index (χ3v) is 6.06. The monoisotopic (exact) mass is 483 g/mol. The average Bonchev–Trinajstić information content (AvgIpc) is 3.37. The lowest BCUT2D eigenvalue weighted by molar-refractivity contribution is -0.147. The van der Waals surface area contributed by atoms with Gasteiger partial charge in [-0.05, 0) is 48.4 Å². The zero-order chi connectivity index (χ0) is 25.2. The maximum Gasteiger partial charge on any atom is 0.344 e. The van der Waals surface area contributed by atoms with Gasteiger partial charge in [0.2, 0.25) is 5.78 Å². The van der Waals surface area contributed by atoms with Gasteiger partial charge in [0.1, 0.15) is 23.9 Å². The molecule has 1 aromatic heterocycles. The minimum absolute atomic E-state index is 0.179. The van der Waals surface area contributed by atoms with Crippen molar-refractivity contribution in [3.8, 4) is 17.2 Å². The summed E-state index contributed by atoms with van der Waals surface area (Å²) < 4.78 is 24.2. The van der Waals surface area contributed by atoms with Crippen LogP contribution in [0.15, 0.2) is 72.6 Å². The summed E-state index contributed by atoms with van der Waals surface area (Å²) in [5.74, 6) is 1.10. The van der Waals surface area contributed by atoms with Crippen LogP contribution in [0.5, 0.6) is 17.2 Å². The zero-order valence-electron chi connectivity index (χ0n) is 20.2. The molecule has 3 aromatic carbocycles. The second-order valence-corrected chi connectivity index (χ2v) is 8.57. The Balaban J connectivity index is 1.32. The molecule has 36 heavy (non-hydrogen) atoms. The molecule has 0 amide bonds. The fourth-order valence-corrected chi connectivity index (χ4v) is 4.27. The van der Waals surface area contributed by atoms with Crippen molar-refractivity contribution < 1.29 is 28.5 Å². The van der Waals surface area contributed by atoms with Crippen LogP contribution in [0.3, 0.4) is 0 Å². The first-order valence-electron chi connectivity index (χ1n) is 11.5. The van der Waals surface area contributed by atoms with Crippen LogP contribution >= 0.6 is 0 Å². The minimum atomic E-state index is -0.485. The van der Waals surface area contributed by atoms with E-state index in [0.29, 0.717) is 22.6 Å². The summed E-state index contributed by atoms with van der Waals surface area (Å²) >= 11 is 0. The van der Waals surface area contributed by atoms with Crippen LogP contribution in [0.1, 0.15) is 27.0 Å². The van der Waals surface area contributed by atoms with Crippen molar-refractivity contribution in [2.45, 2.75) is 13.5 Å². The van der Waals surface area contributed by atoms with Gasteiger partial charge in [0.05, 0.1) is 12.7 Å². The number of allylic oxidation sites excluding steroid dienone is 1. The topological polar surface area (TPSA) is 76.0 Å². The molecule has 4 aromatic rings. The number of carbonyl (C=O) groups is 2. The number of aromatic nitrogens is 1. The van der Waals surface area contributed by atoms with Crippen LogP contribution in [-0.4, -0.2) is 30.0 Å². The molecule has 0 saturated heterocycles. The van der Waals surface area contributed by atoms with E-state index in [9.17, 15) is 9.59 Å². The second kappa shape index (κ2) is 9.62. The molecule has 1 aliphatic heterocycles. The minimum Gasteiger partial charge on any atom is -0.497 e. The van der Waals surface area contributed by atoms with Gasteiger partial charge in [-0.15, -0.1) is 0 Å². The molecule has 5 rings (SSSR count). The van der Waals surface area contributed by atoms with Gasteiger partial charge < -0.3 is 23.5 Å². The van der Waals surface area contributed by atoms with Crippen LogP contribution in [0.25, 0.3) is 17.0 Å². The smallest absolute Gasteiger partial charge is 0.344 e. The van der Waals surface area contributed by atoms with Gasteiger partial charge in [0, 0.05) is 35.8 Å². The summed E-state index contributed by atoms with van der Waals surface area (Å²) in [6.07, 6.45) is 3.68. The number of ether oxygens (including phenoxy) is 4. The largest absolute Gasteiger partial charge is 0.497 e. The molecule has 0 radical (unpaired) electrons. The van der Waals surface area contributed by atoms with Gasteiger partial charge in [0.15, 0.2) is 12.4 Å². The number of methoxy groups -OCH3 is 1. The summed E-state index contributed by atoms with van der Waals surface area (Å²) in [5.41, 5.74) is 3.94. The van der Waals surface area contributed by atoms with Gasteiger partial charge in [-0.3, -0.25) is 4.79 Å². The summed E-state index contributed by atoms with van der Waals surface area (Å²) in [4.78, 5) is 25.3. The molecule has 0 bridgehead atoms. The van der Waals surface area contributed by atoms with Gasteiger partial charge in [-0.25, -0.2) is 4.79 Å². The predicted molar refractivity (Wildman–Crippen MR) is 135 cm³/mol. The number of benzene rings is 3. The van der Waals surface area contributed by atoms with E-state index >= 15 is 0 Å². The number of rotatable bonds is 7. The number of esters is 1. The highest BCUT2D eigenvalue weighted by molar-refractivity contribution is 6.16. The first kappa shape index (κ1) is 23.2. The molecule has 0 unspecified atom stereocenters. The Labute approximate surface area is 208 Å². The average molecular weight is 484 g/mol. The van der Waals surface area contributed by atoms with Crippen molar-refractivity contribution in [1.82, 2.24) is 4.57 Å². The Bertz CT molecular complexity index is 1500. The molecule has 2 heterocycles. The Morgan fingerprint density at radius 3 is 2.64 bits per heavy atom. The highest BCUT2D eigenvalue weighted by Gasteiger charge is 2.30. The lowest BCUT2D eigenvalue weighted by Gasteiger charge is -2.09. The van der Waals surface area contributed by atoms with E-state index in [1.165, 1.54) is 0 Å². The number of ketones is 1. The van der Waals surface area contributed by atoms with E-state index < -0.39 is 5.97 Å². The lowest BCUT2D eigenvalue weighted by Crippen LogP contribution is -2.14. The molecule has 0 N–H and O–H groups in total. The number of Topliss-reactive ketones (excluding diaryl/α,β-unsaturated/α-hetero) is 1. The summed E-state index contributed by atoms with van der Waals surface area (Å²) in [7, 11) is 3.56. The third kappa shape index (κ3) is 4.55. The van der Waals surface area contributed by atoms with Crippen molar-refractivity contribution in [2.24, 2.45) is 7.05 Å². The van der Waals surface area contributed by atoms with Crippen molar-refractivity contribution in [1.29, 1.82) is 0 Å². The van der Waals surface area contributed by atoms with Crippen LogP contribution in [-0.2, 0) is 23.2 Å². The number of hydrogen-bond donors (Lipinski definition) is 0. The Morgan fingerprint density at radius 1 is 1.06 bits per heavy atom. The molecule has 182 valence electrons. The second-order valence-electron chi connectivity index (χ2n) is 8.57. The number of fused-ring (bicyclic) bond motifs is 2. The molecular formula is C29H25NO6. The predicted octanol–water partition coefficient (Wildman–Crippen LogP) is 5.23. The van der Waals surface area contributed by atoms with Crippen molar-refractivity contribution >= 4 is 28.7 Å². The van der Waals surface area contributed by atoms with E-state index in [-0.39, 0.29) is 24.8 Å². The summed E-state index contributed by atoms with van der Waals surface area (Å²) in [5, 5.41) is 0.950. The number of aryl methyl sites for hydroxylation is 2. The number of carbonyl (C=O) groups excluding carboxylic acids is 2. The van der Waals surface area contributed by atoms with E-state index in [4.69, 9.17) is 18.9 Å². The van der Waals surface area contributed by atoms with Gasteiger partial charge in [0.25, 0.3) is 0 Å². The standard InChI is InChI=1S/C29H25NO6/c1-18-11-22(34-17-27(31)35-16-19-7-5-4-6-8-19)14-25-28(18)29(32)26(36-25)12-20-15-30(2)24-10-9-21(33-3)13-23(20)24/h4-15H,16-17H2,1-3H3/b26-12-. The number of hydrogen-bond acceptors (Lipinski definition) is 6. The Hall–Kier alpha value is -4.52. The molecular weight excluding hydrogens is 458 g/mol. The Kier molecular flexibility index (Phi) is 6.21.